The highest BCUT2D eigenvalue weighted by atomic mass is 32.2. The molecule has 87 heavy (non-hydrogen) atoms. The van der Waals surface area contributed by atoms with Crippen molar-refractivity contribution in [3.05, 3.63) is 31.5 Å². The van der Waals surface area contributed by atoms with Crippen LogP contribution < -0.4 is 17.1 Å². The van der Waals surface area contributed by atoms with Gasteiger partial charge in [-0.15, -0.1) is 0 Å². The van der Waals surface area contributed by atoms with Crippen molar-refractivity contribution in [2.75, 3.05) is 34.5 Å². The van der Waals surface area contributed by atoms with Gasteiger partial charge in [0, 0.05) is 17.3 Å². The van der Waals surface area contributed by atoms with E-state index in [0.29, 0.717) is 31.0 Å². The van der Waals surface area contributed by atoms with Crippen molar-refractivity contribution in [1.82, 2.24) is 13.7 Å². The molecule has 1 rings (SSSR count). The van der Waals surface area contributed by atoms with Crippen LogP contribution in [0.1, 0.15) is 388 Å². The first-order valence-corrected chi connectivity index (χ1v) is 40.3. The molecular formula is C72H135N3O9S3. The van der Waals surface area contributed by atoms with Gasteiger partial charge in [-0.3, -0.25) is 14.4 Å². The van der Waals surface area contributed by atoms with Crippen molar-refractivity contribution in [3.8, 4) is 0 Å². The van der Waals surface area contributed by atoms with E-state index in [2.05, 4.69) is 20.8 Å². The Bertz CT molecular complexity index is 1700. The number of thioether (sulfide) groups is 3. The SMILES string of the molecule is CCCCCCCCCCCCCCCCCCSCCC(=O)OC(C)n1c(=O)n(C(C)OC(=O)CCSCCCCCCCCCCCCCCCCCC)c(=O)n(C(C)OC(=O)CCSCCCCCCCCCCCCCCCCCC)c1=O. The van der Waals surface area contributed by atoms with E-state index in [1.807, 2.05) is 0 Å². The molecule has 1 heterocycles. The Hall–Kier alpha value is -2.13. The van der Waals surface area contributed by atoms with Gasteiger partial charge in [0.25, 0.3) is 0 Å². The van der Waals surface area contributed by atoms with Crippen LogP contribution in [0.5, 0.6) is 0 Å². The van der Waals surface area contributed by atoms with Crippen molar-refractivity contribution in [3.63, 3.8) is 0 Å². The lowest BCUT2D eigenvalue weighted by atomic mass is 10.0. The Balaban J connectivity index is 2.68. The van der Waals surface area contributed by atoms with Gasteiger partial charge in [-0.05, 0) is 57.3 Å². The van der Waals surface area contributed by atoms with Gasteiger partial charge in [0.05, 0.1) is 19.3 Å². The average Bonchev–Trinajstić information content (AvgIpc) is 2.84. The fourth-order valence-electron chi connectivity index (χ4n) is 11.5. The van der Waals surface area contributed by atoms with E-state index in [0.717, 1.165) is 55.8 Å². The zero-order chi connectivity index (χ0) is 63.5. The number of esters is 3. The van der Waals surface area contributed by atoms with Crippen molar-refractivity contribution in [2.45, 2.75) is 388 Å². The van der Waals surface area contributed by atoms with E-state index in [-0.39, 0.29) is 19.3 Å². The minimum atomic E-state index is -1.41. The third-order valence-corrected chi connectivity index (χ3v) is 20.2. The number of hydrogen-bond donors (Lipinski definition) is 0. The van der Waals surface area contributed by atoms with Crippen molar-refractivity contribution >= 4 is 53.2 Å². The number of rotatable bonds is 66. The van der Waals surface area contributed by atoms with Crippen molar-refractivity contribution in [2.24, 2.45) is 0 Å². The summed E-state index contributed by atoms with van der Waals surface area (Å²) in [7, 11) is 0. The monoisotopic (exact) mass is 1280 g/mol. The molecule has 0 aliphatic rings. The van der Waals surface area contributed by atoms with E-state index in [9.17, 15) is 28.8 Å². The molecule has 0 saturated heterocycles. The Kier molecular flexibility index (Phi) is 58.5. The van der Waals surface area contributed by atoms with Gasteiger partial charge in [0.15, 0.2) is 18.7 Å². The van der Waals surface area contributed by atoms with Crippen LogP contribution in [0.25, 0.3) is 0 Å². The Labute approximate surface area is 546 Å². The lowest BCUT2D eigenvalue weighted by Gasteiger charge is -2.23. The summed E-state index contributed by atoms with van der Waals surface area (Å²) in [5.41, 5.74) is -3.29. The molecule has 0 N–H and O–H groups in total. The summed E-state index contributed by atoms with van der Waals surface area (Å²) < 4.78 is 19.0. The van der Waals surface area contributed by atoms with E-state index in [1.165, 1.54) is 290 Å². The van der Waals surface area contributed by atoms with Crippen molar-refractivity contribution in [1.29, 1.82) is 0 Å². The molecule has 510 valence electrons. The summed E-state index contributed by atoms with van der Waals surface area (Å²) in [4.78, 5) is 81.9. The zero-order valence-corrected chi connectivity index (χ0v) is 59.7. The normalized spacial score (nSPS) is 12.6. The fraction of sp³-hybridized carbons (Fsp3) is 0.917. The molecule has 0 radical (unpaired) electrons. The maximum atomic E-state index is 14.1. The van der Waals surface area contributed by atoms with E-state index in [4.69, 9.17) is 14.2 Å². The second-order valence-electron chi connectivity index (χ2n) is 25.2. The maximum Gasteiger partial charge on any atom is 0.342 e. The van der Waals surface area contributed by atoms with Gasteiger partial charge >= 0.3 is 35.0 Å². The third-order valence-electron chi connectivity index (χ3n) is 17.0. The predicted octanol–water partition coefficient (Wildman–Crippen LogP) is 21.5. The molecule has 12 nitrogen and oxygen atoms in total. The number of aromatic nitrogens is 3. The summed E-state index contributed by atoms with van der Waals surface area (Å²) in [6, 6.07) is 0. The first kappa shape index (κ1) is 82.9. The standard InChI is InChI=1S/C72H135N3O9S3/c1-7-10-13-16-19-22-25-28-31-34-37-40-43-46-49-52-58-85-61-55-67(76)82-64(4)73-70(79)74(65(5)83-68(77)56-62-86-59-53-50-47-44-41-38-35-32-29-26-23-20-17-14-11-8-2)72(81)75(71(73)80)66(6)84-69(78)57-63-87-60-54-51-48-45-42-39-36-33-30-27-24-21-18-15-12-9-3/h64-66H,7-63H2,1-6H3. The van der Waals surface area contributed by atoms with Gasteiger partial charge in [-0.25, -0.2) is 28.1 Å². The van der Waals surface area contributed by atoms with E-state index >= 15 is 0 Å². The first-order chi connectivity index (χ1) is 42.5. The molecule has 1 aromatic heterocycles. The molecule has 0 bridgehead atoms. The van der Waals surface area contributed by atoms with Crippen LogP contribution in [0, 0.1) is 0 Å². The topological polar surface area (TPSA) is 145 Å². The molecule has 3 atom stereocenters. The molecule has 0 amide bonds. The third kappa shape index (κ3) is 47.4. The lowest BCUT2D eigenvalue weighted by molar-refractivity contribution is -0.154. The van der Waals surface area contributed by atoms with Gasteiger partial charge < -0.3 is 14.2 Å². The summed E-state index contributed by atoms with van der Waals surface area (Å²) in [6.45, 7) is 11.0. The molecule has 1 aromatic rings. The minimum absolute atomic E-state index is 0.0768. The van der Waals surface area contributed by atoms with Crippen LogP contribution >= 0.6 is 35.3 Å². The molecule has 0 saturated carbocycles. The Morgan fingerprint density at radius 1 is 0.264 bits per heavy atom. The summed E-state index contributed by atoms with van der Waals surface area (Å²) in [5.74, 6) is 2.60. The lowest BCUT2D eigenvalue weighted by Crippen LogP contribution is -2.57. The molecule has 0 fully saturated rings. The summed E-state index contributed by atoms with van der Waals surface area (Å²) >= 11 is 5.03. The van der Waals surface area contributed by atoms with Crippen LogP contribution in [-0.2, 0) is 28.6 Å². The zero-order valence-electron chi connectivity index (χ0n) is 57.3. The number of nitrogens with zero attached hydrogens (tertiary/aromatic N) is 3. The molecule has 15 heteroatoms. The molecule has 3 unspecified atom stereocenters. The second-order valence-corrected chi connectivity index (χ2v) is 28.9. The van der Waals surface area contributed by atoms with Gasteiger partial charge in [0.1, 0.15) is 0 Å². The quantitative estimate of drug-likeness (QED) is 0.0348. The highest BCUT2D eigenvalue weighted by molar-refractivity contribution is 7.99. The average molecular weight is 1280 g/mol. The van der Waals surface area contributed by atoms with Gasteiger partial charge in [-0.1, -0.05) is 310 Å². The van der Waals surface area contributed by atoms with Crippen LogP contribution in [0.3, 0.4) is 0 Å². The second kappa shape index (κ2) is 61.4. The predicted molar refractivity (Wildman–Crippen MR) is 376 cm³/mol. The Morgan fingerprint density at radius 2 is 0.414 bits per heavy atom. The van der Waals surface area contributed by atoms with Gasteiger partial charge in [-0.2, -0.15) is 35.3 Å². The Morgan fingerprint density at radius 3 is 0.575 bits per heavy atom. The van der Waals surface area contributed by atoms with Crippen LogP contribution in [0.15, 0.2) is 14.4 Å². The fourth-order valence-corrected chi connectivity index (χ4v) is 14.2. The highest BCUT2D eigenvalue weighted by Gasteiger charge is 2.29. The number of ether oxygens (including phenoxy) is 3. The largest absolute Gasteiger partial charge is 0.441 e. The molecular weight excluding hydrogens is 1150 g/mol. The molecule has 0 spiro atoms. The summed E-state index contributed by atoms with van der Waals surface area (Å²) in [6.07, 6.45) is 59.2. The molecule has 0 aliphatic carbocycles. The summed E-state index contributed by atoms with van der Waals surface area (Å²) in [5, 5.41) is 0. The van der Waals surface area contributed by atoms with E-state index < -0.39 is 53.7 Å². The smallest absolute Gasteiger partial charge is 0.342 e. The first-order valence-electron chi connectivity index (χ1n) is 36.8. The van der Waals surface area contributed by atoms with E-state index in [1.54, 1.807) is 35.3 Å². The molecule has 0 aliphatic heterocycles. The van der Waals surface area contributed by atoms with Crippen LogP contribution in [0.2, 0.25) is 0 Å². The van der Waals surface area contributed by atoms with Crippen LogP contribution in [0.4, 0.5) is 0 Å². The van der Waals surface area contributed by atoms with Gasteiger partial charge in [0.2, 0.25) is 0 Å². The highest BCUT2D eigenvalue weighted by Crippen LogP contribution is 2.20. The minimum Gasteiger partial charge on any atom is -0.441 e. The molecule has 0 aromatic carbocycles. The van der Waals surface area contributed by atoms with Crippen molar-refractivity contribution < 1.29 is 28.6 Å². The number of carbonyl (C=O) groups is 3. The van der Waals surface area contributed by atoms with Crippen LogP contribution in [-0.4, -0.2) is 66.1 Å². The number of unbranched alkanes of at least 4 members (excludes halogenated alkanes) is 45. The number of hydrogen-bond acceptors (Lipinski definition) is 12. The number of carbonyl (C=O) groups excluding carboxylic acids is 3. The maximum absolute atomic E-state index is 14.1.